The summed E-state index contributed by atoms with van der Waals surface area (Å²) in [6.45, 7) is 6.43. The molecule has 18 heavy (non-hydrogen) atoms. The van der Waals surface area contributed by atoms with Crippen LogP contribution in [0.25, 0.3) is 0 Å². The third kappa shape index (κ3) is 3.07. The van der Waals surface area contributed by atoms with Crippen molar-refractivity contribution in [3.8, 4) is 0 Å². The fourth-order valence-electron chi connectivity index (χ4n) is 2.41. The molecule has 100 valence electrons. The van der Waals surface area contributed by atoms with Crippen LogP contribution in [0.1, 0.15) is 26.7 Å². The largest absolute Gasteiger partial charge is 0.353 e. The second-order valence-electron chi connectivity index (χ2n) is 5.44. The fraction of sp³-hybridized carbons (Fsp3) is 0.750. The van der Waals surface area contributed by atoms with E-state index in [-0.39, 0.29) is 17.4 Å². The highest BCUT2D eigenvalue weighted by atomic mass is 16.2. The van der Waals surface area contributed by atoms with E-state index in [0.717, 1.165) is 19.4 Å². The van der Waals surface area contributed by atoms with Crippen LogP contribution in [0.2, 0.25) is 0 Å². The number of carbonyl (C=O) groups is 1. The van der Waals surface area contributed by atoms with Crippen LogP contribution in [0.15, 0.2) is 12.4 Å². The highest BCUT2D eigenvalue weighted by Gasteiger charge is 2.36. The first-order chi connectivity index (χ1) is 8.59. The maximum Gasteiger partial charge on any atom is 0.237 e. The summed E-state index contributed by atoms with van der Waals surface area (Å²) in [4.78, 5) is 12.1. The Bertz CT molecular complexity index is 387. The lowest BCUT2D eigenvalue weighted by Crippen LogP contribution is -2.55. The van der Waals surface area contributed by atoms with Crippen molar-refractivity contribution in [1.29, 1.82) is 0 Å². The number of nitrogens with one attached hydrogen (secondary N) is 2. The predicted molar refractivity (Wildman–Crippen MR) is 67.8 cm³/mol. The van der Waals surface area contributed by atoms with E-state index in [1.807, 2.05) is 0 Å². The Labute approximate surface area is 107 Å². The Morgan fingerprint density at radius 2 is 2.44 bits per heavy atom. The van der Waals surface area contributed by atoms with Crippen molar-refractivity contribution in [2.45, 2.75) is 39.3 Å². The third-order valence-electron chi connectivity index (χ3n) is 3.50. The molecule has 1 saturated heterocycles. The Morgan fingerprint density at radius 1 is 1.61 bits per heavy atom. The van der Waals surface area contributed by atoms with Gasteiger partial charge in [-0.3, -0.25) is 9.48 Å². The topological polar surface area (TPSA) is 71.8 Å². The quantitative estimate of drug-likeness (QED) is 0.800. The summed E-state index contributed by atoms with van der Waals surface area (Å²) in [6.07, 6.45) is 5.64. The van der Waals surface area contributed by atoms with E-state index in [9.17, 15) is 4.79 Å². The molecular weight excluding hydrogens is 230 g/mol. The molecule has 6 heteroatoms. The van der Waals surface area contributed by atoms with Gasteiger partial charge in [0.05, 0.1) is 18.8 Å². The molecule has 1 fully saturated rings. The van der Waals surface area contributed by atoms with Gasteiger partial charge in [-0.25, -0.2) is 0 Å². The molecule has 2 rings (SSSR count). The van der Waals surface area contributed by atoms with Crippen LogP contribution in [-0.2, 0) is 11.3 Å². The summed E-state index contributed by atoms with van der Waals surface area (Å²) in [5.41, 5.74) is 0.0234. The molecule has 0 aromatic carbocycles. The minimum absolute atomic E-state index is 0.0234. The van der Waals surface area contributed by atoms with Crippen molar-refractivity contribution in [2.75, 3.05) is 13.1 Å². The second kappa shape index (κ2) is 5.48. The van der Waals surface area contributed by atoms with Crippen LogP contribution in [0, 0.1) is 5.41 Å². The molecule has 2 heterocycles. The minimum atomic E-state index is -0.0954. The van der Waals surface area contributed by atoms with E-state index < -0.39 is 0 Å². The van der Waals surface area contributed by atoms with E-state index in [1.54, 1.807) is 17.1 Å². The molecule has 0 bridgehead atoms. The van der Waals surface area contributed by atoms with Gasteiger partial charge in [-0.1, -0.05) is 19.1 Å². The molecule has 1 aromatic heterocycles. The first-order valence-electron chi connectivity index (χ1n) is 6.45. The zero-order valence-corrected chi connectivity index (χ0v) is 11.0. The van der Waals surface area contributed by atoms with Crippen LogP contribution < -0.4 is 10.6 Å². The van der Waals surface area contributed by atoms with E-state index in [4.69, 9.17) is 0 Å². The molecule has 0 spiro atoms. The molecule has 1 aliphatic rings. The average Bonchev–Trinajstić information content (AvgIpc) is 2.81. The van der Waals surface area contributed by atoms with Crippen LogP contribution in [0.4, 0.5) is 0 Å². The fourth-order valence-corrected chi connectivity index (χ4v) is 2.41. The normalized spacial score (nSPS) is 22.7. The van der Waals surface area contributed by atoms with Crippen molar-refractivity contribution in [1.82, 2.24) is 25.6 Å². The van der Waals surface area contributed by atoms with Crippen molar-refractivity contribution < 1.29 is 4.79 Å². The first kappa shape index (κ1) is 13.0. The highest BCUT2D eigenvalue weighted by molar-refractivity contribution is 5.82. The van der Waals surface area contributed by atoms with E-state index in [1.165, 1.54) is 0 Å². The Balaban J connectivity index is 1.80. The Kier molecular flexibility index (Phi) is 3.96. The number of amides is 1. The second-order valence-corrected chi connectivity index (χ2v) is 5.44. The standard InChI is InChI=1S/C12H21N5O/c1-12(2)4-3-5-13-10(12)11(18)14-6-8-17-9-7-15-16-17/h7,9-10,13H,3-6,8H2,1-2H3,(H,14,18). The number of nitrogens with zero attached hydrogens (tertiary/aromatic N) is 3. The maximum absolute atomic E-state index is 12.1. The van der Waals surface area contributed by atoms with Gasteiger partial charge in [0.15, 0.2) is 0 Å². The van der Waals surface area contributed by atoms with Gasteiger partial charge in [-0.05, 0) is 24.8 Å². The lowest BCUT2D eigenvalue weighted by molar-refractivity contribution is -0.126. The smallest absolute Gasteiger partial charge is 0.237 e. The molecule has 1 atom stereocenters. The summed E-state index contributed by atoms with van der Waals surface area (Å²) < 4.78 is 1.71. The summed E-state index contributed by atoms with van der Waals surface area (Å²) in [7, 11) is 0. The molecule has 0 radical (unpaired) electrons. The van der Waals surface area contributed by atoms with Gasteiger partial charge < -0.3 is 10.6 Å². The molecule has 0 aliphatic carbocycles. The van der Waals surface area contributed by atoms with Gasteiger partial charge in [0.1, 0.15) is 0 Å². The van der Waals surface area contributed by atoms with Gasteiger partial charge in [0.25, 0.3) is 0 Å². The number of piperidine rings is 1. The predicted octanol–water partition coefficient (Wildman–Crippen LogP) is 0.173. The lowest BCUT2D eigenvalue weighted by Gasteiger charge is -2.38. The van der Waals surface area contributed by atoms with Gasteiger partial charge in [-0.15, -0.1) is 5.10 Å². The molecule has 2 N–H and O–H groups in total. The maximum atomic E-state index is 12.1. The zero-order chi connectivity index (χ0) is 13.0. The van der Waals surface area contributed by atoms with Gasteiger partial charge in [0, 0.05) is 12.7 Å². The van der Waals surface area contributed by atoms with Gasteiger partial charge >= 0.3 is 0 Å². The summed E-state index contributed by atoms with van der Waals surface area (Å²) >= 11 is 0. The number of hydrogen-bond donors (Lipinski definition) is 2. The van der Waals surface area contributed by atoms with Crippen molar-refractivity contribution in [3.05, 3.63) is 12.4 Å². The zero-order valence-electron chi connectivity index (χ0n) is 11.0. The Hall–Kier alpha value is -1.43. The van der Waals surface area contributed by atoms with E-state index in [2.05, 4.69) is 34.8 Å². The SMILES string of the molecule is CC1(C)CCCNC1C(=O)NCCn1ccnn1. The number of rotatable bonds is 4. The summed E-state index contributed by atoms with van der Waals surface area (Å²) in [5.74, 6) is 0.0832. The van der Waals surface area contributed by atoms with E-state index >= 15 is 0 Å². The van der Waals surface area contributed by atoms with Crippen molar-refractivity contribution >= 4 is 5.91 Å². The molecule has 6 nitrogen and oxygen atoms in total. The van der Waals surface area contributed by atoms with Gasteiger partial charge in [-0.2, -0.15) is 0 Å². The van der Waals surface area contributed by atoms with Crippen molar-refractivity contribution in [2.24, 2.45) is 5.41 Å². The molecular formula is C12H21N5O. The Morgan fingerprint density at radius 3 is 3.11 bits per heavy atom. The monoisotopic (exact) mass is 251 g/mol. The molecule has 1 aromatic rings. The highest BCUT2D eigenvalue weighted by Crippen LogP contribution is 2.29. The summed E-state index contributed by atoms with van der Waals surface area (Å²) in [6, 6.07) is -0.0954. The van der Waals surface area contributed by atoms with E-state index in [0.29, 0.717) is 13.1 Å². The number of carbonyl (C=O) groups excluding carboxylic acids is 1. The van der Waals surface area contributed by atoms with Crippen LogP contribution >= 0.6 is 0 Å². The average molecular weight is 251 g/mol. The first-order valence-corrected chi connectivity index (χ1v) is 6.45. The van der Waals surface area contributed by atoms with Crippen LogP contribution in [0.5, 0.6) is 0 Å². The summed E-state index contributed by atoms with van der Waals surface area (Å²) in [5, 5.41) is 13.8. The molecule has 0 saturated carbocycles. The van der Waals surface area contributed by atoms with Crippen molar-refractivity contribution in [3.63, 3.8) is 0 Å². The molecule has 1 unspecified atom stereocenters. The lowest BCUT2D eigenvalue weighted by atomic mass is 9.77. The van der Waals surface area contributed by atoms with Crippen LogP contribution in [0.3, 0.4) is 0 Å². The van der Waals surface area contributed by atoms with Gasteiger partial charge in [0.2, 0.25) is 5.91 Å². The number of aromatic nitrogens is 3. The molecule has 1 amide bonds. The number of hydrogen-bond acceptors (Lipinski definition) is 4. The third-order valence-corrected chi connectivity index (χ3v) is 3.50. The van der Waals surface area contributed by atoms with Crippen LogP contribution in [-0.4, -0.2) is 40.0 Å². The minimum Gasteiger partial charge on any atom is -0.353 e. The molecule has 1 aliphatic heterocycles.